The van der Waals surface area contributed by atoms with E-state index in [2.05, 4.69) is 18.7 Å². The van der Waals surface area contributed by atoms with E-state index in [0.717, 1.165) is 32.2 Å². The molecule has 0 saturated carbocycles. The van der Waals surface area contributed by atoms with Crippen molar-refractivity contribution in [2.45, 2.75) is 162 Å². The molecule has 0 rings (SSSR count). The first-order valence-corrected chi connectivity index (χ1v) is 14.8. The van der Waals surface area contributed by atoms with Crippen LogP contribution in [0.2, 0.25) is 0 Å². The molecule has 0 heterocycles. The zero-order valence-corrected chi connectivity index (χ0v) is 25.9. The first-order chi connectivity index (χ1) is 16.1. The SMILES string of the molecule is CC.CCCCCCCCCCC(O)CN(CCCO)CC(O)CCCCCCCCCC.[Ir]. The third kappa shape index (κ3) is 30.5. The molecule has 2 atom stereocenters. The Labute approximate surface area is 228 Å². The average molecular weight is 666 g/mol. The summed E-state index contributed by atoms with van der Waals surface area (Å²) in [6.07, 6.45) is 22.3. The standard InChI is InChI=1S/C27H57NO3.C2H6.Ir/c1-3-5-7-9-11-13-15-17-20-26(30)24-28(22-19-23-29)25-27(31)21-18-16-14-12-10-8-6-4-2;1-2;/h26-27,29-31H,3-25H2,1-2H3;1-2H3;. The third-order valence-corrected chi connectivity index (χ3v) is 6.35. The van der Waals surface area contributed by atoms with Crippen LogP contribution in [0, 0.1) is 0 Å². The Kier molecular flexibility index (Phi) is 38.4. The van der Waals surface area contributed by atoms with Gasteiger partial charge in [-0.05, 0) is 19.3 Å². The van der Waals surface area contributed by atoms with Crippen molar-refractivity contribution in [3.63, 3.8) is 0 Å². The molecule has 0 bridgehead atoms. The fourth-order valence-corrected chi connectivity index (χ4v) is 4.36. The van der Waals surface area contributed by atoms with Crippen LogP contribution in [0.1, 0.15) is 150 Å². The number of hydrogen-bond acceptors (Lipinski definition) is 4. The minimum absolute atomic E-state index is 0. The van der Waals surface area contributed by atoms with Crippen molar-refractivity contribution >= 4 is 0 Å². The molecule has 5 heteroatoms. The van der Waals surface area contributed by atoms with Crippen molar-refractivity contribution in [3.8, 4) is 0 Å². The number of nitrogens with zero attached hydrogens (tertiary/aromatic N) is 1. The Balaban J connectivity index is -0.00000311. The van der Waals surface area contributed by atoms with E-state index in [9.17, 15) is 15.3 Å². The monoisotopic (exact) mass is 666 g/mol. The van der Waals surface area contributed by atoms with Gasteiger partial charge in [0.1, 0.15) is 0 Å². The second kappa shape index (κ2) is 33.5. The molecule has 34 heavy (non-hydrogen) atoms. The van der Waals surface area contributed by atoms with Crippen molar-refractivity contribution < 1.29 is 35.4 Å². The van der Waals surface area contributed by atoms with Crippen molar-refractivity contribution in [2.24, 2.45) is 0 Å². The van der Waals surface area contributed by atoms with Crippen molar-refractivity contribution in [3.05, 3.63) is 0 Å². The predicted octanol–water partition coefficient (Wildman–Crippen LogP) is 7.48. The molecule has 0 saturated heterocycles. The Hall–Kier alpha value is 0.489. The normalized spacial score (nSPS) is 12.7. The van der Waals surface area contributed by atoms with Gasteiger partial charge in [0.25, 0.3) is 0 Å². The van der Waals surface area contributed by atoms with Crippen molar-refractivity contribution in [1.29, 1.82) is 0 Å². The molecule has 0 aromatic rings. The largest absolute Gasteiger partial charge is 0.396 e. The topological polar surface area (TPSA) is 63.9 Å². The fourth-order valence-electron chi connectivity index (χ4n) is 4.36. The van der Waals surface area contributed by atoms with Gasteiger partial charge in [0.15, 0.2) is 0 Å². The van der Waals surface area contributed by atoms with Crippen LogP contribution in [-0.4, -0.2) is 58.7 Å². The van der Waals surface area contributed by atoms with Gasteiger partial charge in [-0.2, -0.15) is 0 Å². The van der Waals surface area contributed by atoms with Gasteiger partial charge in [-0.1, -0.05) is 130 Å². The Morgan fingerprint density at radius 1 is 0.529 bits per heavy atom. The van der Waals surface area contributed by atoms with E-state index in [-0.39, 0.29) is 38.9 Å². The summed E-state index contributed by atoms with van der Waals surface area (Å²) in [5.74, 6) is 0. The van der Waals surface area contributed by atoms with E-state index >= 15 is 0 Å². The predicted molar refractivity (Wildman–Crippen MR) is 146 cm³/mol. The van der Waals surface area contributed by atoms with E-state index in [1.165, 1.54) is 89.9 Å². The Morgan fingerprint density at radius 3 is 1.18 bits per heavy atom. The summed E-state index contributed by atoms with van der Waals surface area (Å²) in [4.78, 5) is 2.15. The van der Waals surface area contributed by atoms with E-state index in [1.807, 2.05) is 13.8 Å². The first-order valence-electron chi connectivity index (χ1n) is 14.8. The molecule has 0 aliphatic rings. The molecule has 0 aromatic carbocycles. The summed E-state index contributed by atoms with van der Waals surface area (Å²) >= 11 is 0. The van der Waals surface area contributed by atoms with Crippen LogP contribution in [-0.2, 0) is 20.1 Å². The van der Waals surface area contributed by atoms with Crippen LogP contribution in [0.3, 0.4) is 0 Å². The smallest absolute Gasteiger partial charge is 0.0667 e. The van der Waals surface area contributed by atoms with Crippen LogP contribution in [0.5, 0.6) is 0 Å². The van der Waals surface area contributed by atoms with E-state index in [0.29, 0.717) is 19.5 Å². The quantitative estimate of drug-likeness (QED) is 0.0886. The minimum atomic E-state index is -0.325. The van der Waals surface area contributed by atoms with Crippen molar-refractivity contribution in [1.82, 2.24) is 4.90 Å². The minimum Gasteiger partial charge on any atom is -0.396 e. The van der Waals surface area contributed by atoms with E-state index < -0.39 is 0 Å². The molecule has 2 unspecified atom stereocenters. The zero-order chi connectivity index (χ0) is 25.0. The second-order valence-corrected chi connectivity index (χ2v) is 9.67. The number of hydrogen-bond donors (Lipinski definition) is 3. The van der Waals surface area contributed by atoms with Crippen LogP contribution >= 0.6 is 0 Å². The summed E-state index contributed by atoms with van der Waals surface area (Å²) in [7, 11) is 0. The van der Waals surface area contributed by atoms with Crippen LogP contribution in [0.15, 0.2) is 0 Å². The van der Waals surface area contributed by atoms with Gasteiger partial charge in [-0.3, -0.25) is 4.90 Å². The van der Waals surface area contributed by atoms with Gasteiger partial charge in [0, 0.05) is 46.3 Å². The maximum atomic E-state index is 10.5. The average Bonchev–Trinajstić information content (AvgIpc) is 2.82. The van der Waals surface area contributed by atoms with E-state index in [1.54, 1.807) is 0 Å². The maximum Gasteiger partial charge on any atom is 0.0667 e. The summed E-state index contributed by atoms with van der Waals surface area (Å²) in [6.45, 7) is 10.6. The Morgan fingerprint density at radius 2 is 0.853 bits per heavy atom. The van der Waals surface area contributed by atoms with Gasteiger partial charge in [-0.25, -0.2) is 0 Å². The zero-order valence-electron chi connectivity index (χ0n) is 23.5. The van der Waals surface area contributed by atoms with Gasteiger partial charge >= 0.3 is 0 Å². The van der Waals surface area contributed by atoms with Crippen molar-refractivity contribution in [2.75, 3.05) is 26.2 Å². The molecule has 0 spiro atoms. The number of aliphatic hydroxyl groups excluding tert-OH is 3. The molecule has 4 nitrogen and oxygen atoms in total. The van der Waals surface area contributed by atoms with Crippen LogP contribution < -0.4 is 0 Å². The summed E-state index contributed by atoms with van der Waals surface area (Å²) in [5, 5.41) is 30.1. The third-order valence-electron chi connectivity index (χ3n) is 6.35. The summed E-state index contributed by atoms with van der Waals surface area (Å²) in [6, 6.07) is 0. The summed E-state index contributed by atoms with van der Waals surface area (Å²) in [5.41, 5.74) is 0. The van der Waals surface area contributed by atoms with Gasteiger partial charge in [-0.15, -0.1) is 0 Å². The number of aliphatic hydroxyl groups is 3. The molecule has 1 radical (unpaired) electrons. The molecular weight excluding hydrogens is 603 g/mol. The Bertz CT molecular complexity index is 319. The summed E-state index contributed by atoms with van der Waals surface area (Å²) < 4.78 is 0. The number of rotatable bonds is 25. The fraction of sp³-hybridized carbons (Fsp3) is 1.00. The van der Waals surface area contributed by atoms with E-state index in [4.69, 9.17) is 0 Å². The molecule has 211 valence electrons. The first kappa shape index (κ1) is 39.0. The molecule has 0 aliphatic heterocycles. The van der Waals surface area contributed by atoms with Gasteiger partial charge in [0.05, 0.1) is 12.2 Å². The molecule has 0 amide bonds. The van der Waals surface area contributed by atoms with Crippen LogP contribution in [0.4, 0.5) is 0 Å². The molecular formula is C29H63IrNO3. The molecule has 0 aliphatic carbocycles. The van der Waals surface area contributed by atoms with Gasteiger partial charge in [0.2, 0.25) is 0 Å². The van der Waals surface area contributed by atoms with Gasteiger partial charge < -0.3 is 15.3 Å². The molecule has 0 fully saturated rings. The molecule has 3 N–H and O–H groups in total. The molecule has 0 aromatic heterocycles. The number of unbranched alkanes of at least 4 members (excludes halogenated alkanes) is 14. The maximum absolute atomic E-state index is 10.5. The second-order valence-electron chi connectivity index (χ2n) is 9.67. The van der Waals surface area contributed by atoms with Crippen LogP contribution in [0.25, 0.3) is 0 Å².